The molecule has 0 spiro atoms. The van der Waals surface area contributed by atoms with Crippen LogP contribution in [0.3, 0.4) is 0 Å². The zero-order valence-corrected chi connectivity index (χ0v) is 9.86. The minimum atomic E-state index is -0.231. The summed E-state index contributed by atoms with van der Waals surface area (Å²) >= 11 is 0. The number of ketones is 1. The van der Waals surface area contributed by atoms with Gasteiger partial charge in [-0.3, -0.25) is 9.59 Å². The van der Waals surface area contributed by atoms with Gasteiger partial charge in [-0.2, -0.15) is 0 Å². The van der Waals surface area contributed by atoms with E-state index in [2.05, 4.69) is 13.0 Å². The molecule has 0 saturated heterocycles. The van der Waals surface area contributed by atoms with Crippen LogP contribution in [0.15, 0.2) is 11.6 Å². The van der Waals surface area contributed by atoms with Crippen molar-refractivity contribution in [3.8, 4) is 0 Å². The highest BCUT2D eigenvalue weighted by Gasteiger charge is 2.41. The number of carbonyl (C=O) groups is 2. The molecule has 0 unspecified atom stereocenters. The quantitative estimate of drug-likeness (QED) is 0.504. The topological polar surface area (TPSA) is 43.4 Å². The first-order chi connectivity index (χ1) is 7.63. The van der Waals surface area contributed by atoms with Crippen LogP contribution in [0.25, 0.3) is 0 Å². The Morgan fingerprint density at radius 3 is 2.88 bits per heavy atom. The van der Waals surface area contributed by atoms with Gasteiger partial charge in [0.05, 0.1) is 13.0 Å². The van der Waals surface area contributed by atoms with Gasteiger partial charge in [-0.1, -0.05) is 11.6 Å². The molecule has 0 aromatic heterocycles. The molecule has 0 aliphatic heterocycles. The number of fused-ring (bicyclic) bond motifs is 1. The van der Waals surface area contributed by atoms with E-state index in [0.29, 0.717) is 6.42 Å². The molecule has 1 fully saturated rings. The van der Waals surface area contributed by atoms with Crippen LogP contribution in [0.5, 0.6) is 0 Å². The van der Waals surface area contributed by atoms with E-state index in [1.54, 1.807) is 0 Å². The average Bonchev–Trinajstić information content (AvgIpc) is 2.29. The molecule has 0 bridgehead atoms. The standard InChI is InChI=1S/C13H18O3/c1-8-4-3-5-10-11(8)6-9(7-12(10)14)13(15)16-2/h4,9-11H,3,5-7H2,1-2H3/t9-,10-,11+/m1/s1. The van der Waals surface area contributed by atoms with Gasteiger partial charge in [-0.15, -0.1) is 0 Å². The molecule has 0 radical (unpaired) electrons. The summed E-state index contributed by atoms with van der Waals surface area (Å²) in [5, 5.41) is 0. The van der Waals surface area contributed by atoms with E-state index in [9.17, 15) is 9.59 Å². The first-order valence-electron chi connectivity index (χ1n) is 5.90. The van der Waals surface area contributed by atoms with Crippen LogP contribution in [0.2, 0.25) is 0 Å². The van der Waals surface area contributed by atoms with Gasteiger partial charge in [0.25, 0.3) is 0 Å². The molecule has 2 aliphatic carbocycles. The third kappa shape index (κ3) is 1.91. The van der Waals surface area contributed by atoms with Crippen LogP contribution in [-0.4, -0.2) is 18.9 Å². The summed E-state index contributed by atoms with van der Waals surface area (Å²) in [6.45, 7) is 2.07. The molecule has 2 rings (SSSR count). The predicted molar refractivity (Wildman–Crippen MR) is 59.7 cm³/mol. The molecule has 2 aliphatic rings. The second-order valence-electron chi connectivity index (χ2n) is 4.86. The largest absolute Gasteiger partial charge is 0.469 e. The summed E-state index contributed by atoms with van der Waals surface area (Å²) in [4.78, 5) is 23.5. The number of hydrogen-bond acceptors (Lipinski definition) is 3. The Bertz CT molecular complexity index is 343. The zero-order chi connectivity index (χ0) is 11.7. The Balaban J connectivity index is 2.17. The van der Waals surface area contributed by atoms with E-state index in [1.165, 1.54) is 12.7 Å². The third-order valence-corrected chi connectivity index (χ3v) is 3.95. The second-order valence-corrected chi connectivity index (χ2v) is 4.86. The highest BCUT2D eigenvalue weighted by atomic mass is 16.5. The summed E-state index contributed by atoms with van der Waals surface area (Å²) in [5.74, 6) is 0.231. The molecule has 1 saturated carbocycles. The van der Waals surface area contributed by atoms with Crippen molar-refractivity contribution < 1.29 is 14.3 Å². The number of ether oxygens (including phenoxy) is 1. The van der Waals surface area contributed by atoms with E-state index in [0.717, 1.165) is 19.3 Å². The van der Waals surface area contributed by atoms with E-state index in [-0.39, 0.29) is 29.5 Å². The monoisotopic (exact) mass is 222 g/mol. The molecule has 0 N–H and O–H groups in total. The van der Waals surface area contributed by atoms with Crippen LogP contribution in [-0.2, 0) is 14.3 Å². The highest BCUT2D eigenvalue weighted by molar-refractivity contribution is 5.88. The maximum absolute atomic E-state index is 12.0. The van der Waals surface area contributed by atoms with E-state index < -0.39 is 0 Å². The molecular formula is C13H18O3. The summed E-state index contributed by atoms with van der Waals surface area (Å²) in [6.07, 6.45) is 5.32. The van der Waals surface area contributed by atoms with Crippen molar-refractivity contribution >= 4 is 11.8 Å². The summed E-state index contributed by atoms with van der Waals surface area (Å²) in [7, 11) is 1.39. The molecular weight excluding hydrogens is 204 g/mol. The van der Waals surface area contributed by atoms with Gasteiger partial charge in [-0.05, 0) is 32.1 Å². The SMILES string of the molecule is COC(=O)[C@H]1CC(=O)[C@@H]2CCC=C(C)[C@@H]2C1. The lowest BCUT2D eigenvalue weighted by Crippen LogP contribution is -2.38. The van der Waals surface area contributed by atoms with Gasteiger partial charge in [-0.25, -0.2) is 0 Å². The Labute approximate surface area is 95.9 Å². The van der Waals surface area contributed by atoms with Crippen molar-refractivity contribution in [1.29, 1.82) is 0 Å². The van der Waals surface area contributed by atoms with Crippen molar-refractivity contribution in [2.45, 2.75) is 32.6 Å². The van der Waals surface area contributed by atoms with Gasteiger partial charge < -0.3 is 4.74 Å². The Kier molecular flexibility index (Phi) is 3.13. The Morgan fingerprint density at radius 1 is 1.44 bits per heavy atom. The maximum atomic E-state index is 12.0. The average molecular weight is 222 g/mol. The fourth-order valence-electron chi connectivity index (χ4n) is 3.03. The number of esters is 1. The number of hydrogen-bond donors (Lipinski definition) is 0. The van der Waals surface area contributed by atoms with E-state index >= 15 is 0 Å². The maximum Gasteiger partial charge on any atom is 0.309 e. The fraction of sp³-hybridized carbons (Fsp3) is 0.692. The lowest BCUT2D eigenvalue weighted by atomic mass is 9.66. The molecule has 0 aromatic carbocycles. The van der Waals surface area contributed by atoms with Crippen molar-refractivity contribution in [2.24, 2.45) is 17.8 Å². The van der Waals surface area contributed by atoms with Gasteiger partial charge in [0.15, 0.2) is 0 Å². The van der Waals surface area contributed by atoms with E-state index in [4.69, 9.17) is 4.74 Å². The number of rotatable bonds is 1. The van der Waals surface area contributed by atoms with Gasteiger partial charge in [0.1, 0.15) is 5.78 Å². The summed E-state index contributed by atoms with van der Waals surface area (Å²) < 4.78 is 4.74. The normalized spacial score (nSPS) is 34.0. The molecule has 0 amide bonds. The van der Waals surface area contributed by atoms with Crippen molar-refractivity contribution in [3.63, 3.8) is 0 Å². The molecule has 3 nitrogen and oxygen atoms in total. The number of methoxy groups -OCH3 is 1. The third-order valence-electron chi connectivity index (χ3n) is 3.95. The molecule has 3 atom stereocenters. The fourth-order valence-corrected chi connectivity index (χ4v) is 3.03. The van der Waals surface area contributed by atoms with Gasteiger partial charge >= 0.3 is 5.97 Å². The molecule has 3 heteroatoms. The zero-order valence-electron chi connectivity index (χ0n) is 9.86. The van der Waals surface area contributed by atoms with Crippen LogP contribution in [0.1, 0.15) is 32.6 Å². The Morgan fingerprint density at radius 2 is 2.19 bits per heavy atom. The lowest BCUT2D eigenvalue weighted by Gasteiger charge is -2.37. The first kappa shape index (κ1) is 11.4. The molecule has 0 heterocycles. The smallest absolute Gasteiger partial charge is 0.309 e. The van der Waals surface area contributed by atoms with E-state index in [1.807, 2.05) is 0 Å². The summed E-state index contributed by atoms with van der Waals surface area (Å²) in [5.41, 5.74) is 1.28. The molecule has 0 aromatic rings. The molecule has 16 heavy (non-hydrogen) atoms. The summed E-state index contributed by atoms with van der Waals surface area (Å²) in [6, 6.07) is 0. The van der Waals surface area contributed by atoms with Crippen LogP contribution in [0.4, 0.5) is 0 Å². The van der Waals surface area contributed by atoms with Gasteiger partial charge in [0.2, 0.25) is 0 Å². The lowest BCUT2D eigenvalue weighted by molar-refractivity contribution is -0.150. The predicted octanol–water partition coefficient (Wildman–Crippen LogP) is 2.11. The second kappa shape index (κ2) is 4.40. The van der Waals surface area contributed by atoms with Gasteiger partial charge in [0, 0.05) is 12.3 Å². The van der Waals surface area contributed by atoms with Crippen LogP contribution >= 0.6 is 0 Å². The van der Waals surface area contributed by atoms with Crippen LogP contribution in [0, 0.1) is 17.8 Å². The molecule has 88 valence electrons. The number of Topliss-reactive ketones (excluding diaryl/α,β-unsaturated/α-hetero) is 1. The Hall–Kier alpha value is -1.12. The number of allylic oxidation sites excluding steroid dienone is 2. The van der Waals surface area contributed by atoms with Crippen molar-refractivity contribution in [2.75, 3.05) is 7.11 Å². The number of carbonyl (C=O) groups excluding carboxylic acids is 2. The highest BCUT2D eigenvalue weighted by Crippen LogP contribution is 2.41. The minimum absolute atomic E-state index is 0.158. The van der Waals surface area contributed by atoms with Crippen molar-refractivity contribution in [3.05, 3.63) is 11.6 Å². The van der Waals surface area contributed by atoms with Crippen LogP contribution < -0.4 is 0 Å². The first-order valence-corrected chi connectivity index (χ1v) is 5.90. The minimum Gasteiger partial charge on any atom is -0.469 e. The van der Waals surface area contributed by atoms with Crippen molar-refractivity contribution in [1.82, 2.24) is 0 Å².